The average molecular weight is 334 g/mol. The van der Waals surface area contributed by atoms with Crippen molar-refractivity contribution >= 4 is 17.7 Å². The number of carbonyl (C=O) groups excluding carboxylic acids is 1. The highest BCUT2D eigenvalue weighted by Gasteiger charge is 2.19. The Balaban J connectivity index is 1.54. The highest BCUT2D eigenvalue weighted by molar-refractivity contribution is 5.92. The van der Waals surface area contributed by atoms with Gasteiger partial charge in [-0.2, -0.15) is 0 Å². The fourth-order valence-electron chi connectivity index (χ4n) is 3.09. The topological polar surface area (TPSA) is 23.6 Å². The van der Waals surface area contributed by atoms with Crippen LogP contribution in [0.2, 0.25) is 0 Å². The number of hydrogen-bond acceptors (Lipinski definition) is 2. The smallest absolute Gasteiger partial charge is 0.246 e. The van der Waals surface area contributed by atoms with Gasteiger partial charge in [-0.25, -0.2) is 0 Å². The highest BCUT2D eigenvalue weighted by Crippen LogP contribution is 2.17. The second-order valence-corrected chi connectivity index (χ2v) is 6.80. The zero-order valence-corrected chi connectivity index (χ0v) is 15.1. The van der Waals surface area contributed by atoms with Gasteiger partial charge in [0.15, 0.2) is 0 Å². The van der Waals surface area contributed by atoms with Gasteiger partial charge in [-0.15, -0.1) is 0 Å². The van der Waals surface area contributed by atoms with Crippen molar-refractivity contribution in [2.75, 3.05) is 31.1 Å². The lowest BCUT2D eigenvalue weighted by Crippen LogP contribution is -2.48. The van der Waals surface area contributed by atoms with Crippen LogP contribution in [0.15, 0.2) is 60.7 Å². The summed E-state index contributed by atoms with van der Waals surface area (Å²) in [5, 5.41) is 0. The summed E-state index contributed by atoms with van der Waals surface area (Å²) < 4.78 is 0. The Hall–Kier alpha value is -2.55. The Morgan fingerprint density at radius 1 is 0.920 bits per heavy atom. The Labute approximate surface area is 150 Å². The van der Waals surface area contributed by atoms with Crippen LogP contribution in [0.1, 0.15) is 30.9 Å². The van der Waals surface area contributed by atoms with Crippen molar-refractivity contribution in [3.63, 3.8) is 0 Å². The second-order valence-electron chi connectivity index (χ2n) is 6.80. The number of hydrogen-bond donors (Lipinski definition) is 0. The molecule has 130 valence electrons. The molecule has 0 bridgehead atoms. The van der Waals surface area contributed by atoms with Crippen molar-refractivity contribution in [1.82, 2.24) is 4.90 Å². The van der Waals surface area contributed by atoms with Crippen LogP contribution in [0.4, 0.5) is 5.69 Å². The molecule has 0 aliphatic carbocycles. The molecule has 2 aromatic carbocycles. The average Bonchev–Trinajstić information content (AvgIpc) is 2.67. The van der Waals surface area contributed by atoms with Gasteiger partial charge in [-0.1, -0.05) is 56.3 Å². The third kappa shape index (κ3) is 4.50. The predicted octanol–water partition coefficient (Wildman–Crippen LogP) is 4.17. The molecule has 0 N–H and O–H groups in total. The van der Waals surface area contributed by atoms with E-state index in [1.54, 1.807) is 6.08 Å². The summed E-state index contributed by atoms with van der Waals surface area (Å²) in [4.78, 5) is 16.7. The molecule has 2 aromatic rings. The molecular formula is C22H26N2O. The van der Waals surface area contributed by atoms with Crippen LogP contribution >= 0.6 is 0 Å². The minimum atomic E-state index is 0.0978. The number of anilines is 1. The molecule has 25 heavy (non-hydrogen) atoms. The number of nitrogens with zero attached hydrogens (tertiary/aromatic N) is 2. The number of piperazine rings is 1. The van der Waals surface area contributed by atoms with E-state index in [-0.39, 0.29) is 5.91 Å². The maximum absolute atomic E-state index is 12.4. The molecule has 0 radical (unpaired) electrons. The molecule has 1 fully saturated rings. The first-order valence-corrected chi connectivity index (χ1v) is 9.00. The fourth-order valence-corrected chi connectivity index (χ4v) is 3.09. The van der Waals surface area contributed by atoms with Gasteiger partial charge < -0.3 is 9.80 Å². The predicted molar refractivity (Wildman–Crippen MR) is 105 cm³/mol. The van der Waals surface area contributed by atoms with Crippen molar-refractivity contribution in [2.45, 2.75) is 19.8 Å². The van der Waals surface area contributed by atoms with Crippen LogP contribution in [-0.4, -0.2) is 37.0 Å². The van der Waals surface area contributed by atoms with Gasteiger partial charge in [-0.3, -0.25) is 4.79 Å². The molecule has 1 amide bonds. The Bertz CT molecular complexity index is 711. The molecule has 3 rings (SSSR count). The summed E-state index contributed by atoms with van der Waals surface area (Å²) in [5.74, 6) is 0.626. The molecule has 1 aliphatic rings. The third-order valence-corrected chi connectivity index (χ3v) is 4.73. The van der Waals surface area contributed by atoms with E-state index in [1.165, 1.54) is 11.3 Å². The van der Waals surface area contributed by atoms with E-state index >= 15 is 0 Å². The summed E-state index contributed by atoms with van der Waals surface area (Å²) in [6.07, 6.45) is 3.61. The van der Waals surface area contributed by atoms with Gasteiger partial charge in [0.2, 0.25) is 5.91 Å². The summed E-state index contributed by atoms with van der Waals surface area (Å²) >= 11 is 0. The van der Waals surface area contributed by atoms with E-state index in [4.69, 9.17) is 0 Å². The normalized spacial score (nSPS) is 15.2. The molecule has 1 heterocycles. The van der Waals surface area contributed by atoms with Crippen molar-refractivity contribution in [3.05, 3.63) is 71.8 Å². The number of carbonyl (C=O) groups is 1. The van der Waals surface area contributed by atoms with Crippen molar-refractivity contribution in [2.24, 2.45) is 0 Å². The molecule has 3 heteroatoms. The number of rotatable bonds is 4. The molecule has 0 saturated carbocycles. The Morgan fingerprint density at radius 2 is 1.56 bits per heavy atom. The Morgan fingerprint density at radius 3 is 2.16 bits per heavy atom. The second kappa shape index (κ2) is 8.02. The molecule has 0 spiro atoms. The van der Waals surface area contributed by atoms with E-state index in [1.807, 2.05) is 17.0 Å². The van der Waals surface area contributed by atoms with E-state index in [0.29, 0.717) is 5.92 Å². The summed E-state index contributed by atoms with van der Waals surface area (Å²) in [5.41, 5.74) is 3.62. The monoisotopic (exact) mass is 334 g/mol. The number of amides is 1. The molecule has 1 aliphatic heterocycles. The van der Waals surface area contributed by atoms with E-state index in [2.05, 4.69) is 67.3 Å². The maximum atomic E-state index is 12.4. The van der Waals surface area contributed by atoms with E-state index in [9.17, 15) is 4.79 Å². The lowest BCUT2D eigenvalue weighted by Gasteiger charge is -2.35. The molecule has 0 unspecified atom stereocenters. The van der Waals surface area contributed by atoms with Gasteiger partial charge in [0.05, 0.1) is 0 Å². The van der Waals surface area contributed by atoms with Crippen LogP contribution in [0, 0.1) is 0 Å². The lowest BCUT2D eigenvalue weighted by atomic mass is 10.0. The van der Waals surface area contributed by atoms with Crippen LogP contribution < -0.4 is 4.90 Å². The molecular weight excluding hydrogens is 308 g/mol. The van der Waals surface area contributed by atoms with Crippen LogP contribution in [0.5, 0.6) is 0 Å². The van der Waals surface area contributed by atoms with Gasteiger partial charge in [0.1, 0.15) is 0 Å². The van der Waals surface area contributed by atoms with Crippen LogP contribution in [0.3, 0.4) is 0 Å². The Kier molecular flexibility index (Phi) is 5.54. The van der Waals surface area contributed by atoms with Gasteiger partial charge in [0, 0.05) is 37.9 Å². The summed E-state index contributed by atoms with van der Waals surface area (Å²) in [6, 6.07) is 18.8. The first-order chi connectivity index (χ1) is 12.1. The van der Waals surface area contributed by atoms with Crippen LogP contribution in [-0.2, 0) is 4.79 Å². The minimum Gasteiger partial charge on any atom is -0.368 e. The van der Waals surface area contributed by atoms with Crippen molar-refractivity contribution < 1.29 is 4.79 Å². The number of benzene rings is 2. The molecule has 1 saturated heterocycles. The molecule has 3 nitrogen and oxygen atoms in total. The van der Waals surface area contributed by atoms with E-state index in [0.717, 1.165) is 31.7 Å². The third-order valence-electron chi connectivity index (χ3n) is 4.73. The standard InChI is InChI=1S/C22H26N2O/c1-18(2)20-11-8-19(9-12-20)10-13-22(25)24-16-14-23(15-17-24)21-6-4-3-5-7-21/h3-13,18H,14-17H2,1-2H3/b13-10+. The first-order valence-electron chi connectivity index (χ1n) is 9.00. The van der Waals surface area contributed by atoms with Crippen molar-refractivity contribution in [1.29, 1.82) is 0 Å². The van der Waals surface area contributed by atoms with Crippen LogP contribution in [0.25, 0.3) is 6.08 Å². The maximum Gasteiger partial charge on any atom is 0.246 e. The molecule has 0 atom stereocenters. The summed E-state index contributed by atoms with van der Waals surface area (Å²) in [7, 11) is 0. The fraction of sp³-hybridized carbons (Fsp3) is 0.318. The lowest BCUT2D eigenvalue weighted by molar-refractivity contribution is -0.126. The van der Waals surface area contributed by atoms with Gasteiger partial charge in [0.25, 0.3) is 0 Å². The molecule has 0 aromatic heterocycles. The summed E-state index contributed by atoms with van der Waals surface area (Å²) in [6.45, 7) is 7.67. The van der Waals surface area contributed by atoms with Crippen molar-refractivity contribution in [3.8, 4) is 0 Å². The van der Waals surface area contributed by atoms with Gasteiger partial charge in [-0.05, 0) is 35.3 Å². The minimum absolute atomic E-state index is 0.0978. The van der Waals surface area contributed by atoms with E-state index < -0.39 is 0 Å². The first kappa shape index (κ1) is 17.3. The zero-order chi connectivity index (χ0) is 17.6. The quantitative estimate of drug-likeness (QED) is 0.784. The number of para-hydroxylation sites is 1. The highest BCUT2D eigenvalue weighted by atomic mass is 16.2. The largest absolute Gasteiger partial charge is 0.368 e. The zero-order valence-electron chi connectivity index (χ0n) is 15.1. The SMILES string of the molecule is CC(C)c1ccc(/C=C/C(=O)N2CCN(c3ccccc3)CC2)cc1. The van der Waals surface area contributed by atoms with Gasteiger partial charge >= 0.3 is 0 Å².